The van der Waals surface area contributed by atoms with Gasteiger partial charge in [0.15, 0.2) is 0 Å². The van der Waals surface area contributed by atoms with Gasteiger partial charge in [-0.2, -0.15) is 0 Å². The fraction of sp³-hybridized carbons (Fsp3) is 0.947. The number of carbonyl (C=O) groups is 1. The summed E-state index contributed by atoms with van der Waals surface area (Å²) in [5.74, 6) is 3.09. The van der Waals surface area contributed by atoms with Crippen molar-refractivity contribution in [2.45, 2.75) is 91.1 Å². The topological polar surface area (TPSA) is 20.3 Å². The van der Waals surface area contributed by atoms with Gasteiger partial charge in [-0.3, -0.25) is 4.79 Å². The molecule has 4 aliphatic rings. The van der Waals surface area contributed by atoms with Crippen molar-refractivity contribution in [2.24, 2.45) is 23.2 Å². The zero-order valence-electron chi connectivity index (χ0n) is 14.4. The minimum atomic E-state index is 0.0294. The summed E-state index contributed by atoms with van der Waals surface area (Å²) in [4.78, 5) is 15.8. The van der Waals surface area contributed by atoms with Gasteiger partial charge in [0.2, 0.25) is 5.91 Å². The first kappa shape index (κ1) is 15.4. The third kappa shape index (κ3) is 2.53. The first-order valence-corrected chi connectivity index (χ1v) is 9.31. The lowest BCUT2D eigenvalue weighted by Crippen LogP contribution is -2.57. The zero-order chi connectivity index (χ0) is 15.2. The molecule has 0 aliphatic heterocycles. The van der Waals surface area contributed by atoms with Crippen LogP contribution in [-0.2, 0) is 4.79 Å². The maximum Gasteiger partial charge on any atom is 0.229 e. The van der Waals surface area contributed by atoms with Gasteiger partial charge in [-0.15, -0.1) is 0 Å². The van der Waals surface area contributed by atoms with E-state index in [1.165, 1.54) is 38.5 Å². The molecule has 0 aromatic rings. The Morgan fingerprint density at radius 1 is 0.952 bits per heavy atom. The summed E-state index contributed by atoms with van der Waals surface area (Å²) >= 11 is 0. The van der Waals surface area contributed by atoms with Crippen molar-refractivity contribution in [1.82, 2.24) is 4.90 Å². The van der Waals surface area contributed by atoms with E-state index >= 15 is 0 Å². The van der Waals surface area contributed by atoms with Crippen LogP contribution in [0, 0.1) is 23.2 Å². The van der Waals surface area contributed by atoms with Crippen LogP contribution < -0.4 is 0 Å². The number of nitrogens with zero attached hydrogens (tertiary/aromatic N) is 1. The monoisotopic (exact) mass is 291 g/mol. The molecule has 2 nitrogen and oxygen atoms in total. The highest BCUT2D eigenvalue weighted by atomic mass is 16.2. The molecule has 0 N–H and O–H groups in total. The summed E-state index contributed by atoms with van der Waals surface area (Å²) in [5.41, 5.74) is 0.0294. The molecule has 2 heteroatoms. The molecule has 2 unspecified atom stereocenters. The van der Waals surface area contributed by atoms with Crippen LogP contribution in [0.3, 0.4) is 0 Å². The van der Waals surface area contributed by atoms with E-state index in [0.717, 1.165) is 30.6 Å². The molecule has 0 heterocycles. The molecular formula is C19H33NO. The third-order valence-corrected chi connectivity index (χ3v) is 6.86. The molecule has 2 atom stereocenters. The van der Waals surface area contributed by atoms with Crippen LogP contribution in [0.15, 0.2) is 0 Å². The maximum atomic E-state index is 13.5. The number of carbonyl (C=O) groups excluding carboxylic acids is 1. The van der Waals surface area contributed by atoms with Crippen LogP contribution in [0.4, 0.5) is 0 Å². The molecule has 120 valence electrons. The predicted octanol–water partition coefficient (Wildman–Crippen LogP) is 4.63. The highest BCUT2D eigenvalue weighted by Gasteiger charge is 2.56. The van der Waals surface area contributed by atoms with E-state index in [4.69, 9.17) is 0 Å². The van der Waals surface area contributed by atoms with Crippen LogP contribution >= 0.6 is 0 Å². The Morgan fingerprint density at radius 2 is 1.33 bits per heavy atom. The molecule has 4 bridgehead atoms. The minimum absolute atomic E-state index is 0.0294. The van der Waals surface area contributed by atoms with Crippen molar-refractivity contribution in [3.8, 4) is 0 Å². The van der Waals surface area contributed by atoms with Gasteiger partial charge in [0.25, 0.3) is 0 Å². The SMILES string of the molecule is CCC(C)N(C(=O)C12CC3CC(CC(C3)C1)C2)C(C)CC. The van der Waals surface area contributed by atoms with Crippen molar-refractivity contribution < 1.29 is 4.79 Å². The molecule has 0 saturated heterocycles. The van der Waals surface area contributed by atoms with Crippen molar-refractivity contribution >= 4 is 5.91 Å². The molecule has 0 spiro atoms. The fourth-order valence-electron chi connectivity index (χ4n) is 5.87. The van der Waals surface area contributed by atoms with Gasteiger partial charge in [-0.25, -0.2) is 0 Å². The van der Waals surface area contributed by atoms with E-state index in [1.807, 2.05) is 0 Å². The summed E-state index contributed by atoms with van der Waals surface area (Å²) in [5, 5.41) is 0. The summed E-state index contributed by atoms with van der Waals surface area (Å²) in [6, 6.07) is 0.779. The Bertz CT molecular complexity index is 357. The second-order valence-corrected chi connectivity index (χ2v) is 8.42. The Kier molecular flexibility index (Phi) is 4.09. The van der Waals surface area contributed by atoms with Crippen molar-refractivity contribution in [2.75, 3.05) is 0 Å². The standard InChI is InChI=1S/C19H33NO/c1-5-13(3)20(14(4)6-2)18(21)19-10-15-7-16(11-19)9-17(8-15)12-19/h13-17H,5-12H2,1-4H3. The largest absolute Gasteiger partial charge is 0.337 e. The summed E-state index contributed by atoms with van der Waals surface area (Å²) < 4.78 is 0. The van der Waals surface area contributed by atoms with E-state index in [2.05, 4.69) is 32.6 Å². The average molecular weight is 291 g/mol. The van der Waals surface area contributed by atoms with Crippen LogP contribution in [0.1, 0.15) is 79.1 Å². The van der Waals surface area contributed by atoms with Crippen molar-refractivity contribution in [1.29, 1.82) is 0 Å². The molecular weight excluding hydrogens is 258 g/mol. The lowest BCUT2D eigenvalue weighted by molar-refractivity contribution is -0.162. The minimum Gasteiger partial charge on any atom is -0.337 e. The third-order valence-electron chi connectivity index (χ3n) is 6.86. The number of rotatable bonds is 5. The molecule has 21 heavy (non-hydrogen) atoms. The average Bonchev–Trinajstić information content (AvgIpc) is 2.45. The smallest absolute Gasteiger partial charge is 0.229 e. The lowest BCUT2D eigenvalue weighted by Gasteiger charge is -2.57. The number of hydrogen-bond acceptors (Lipinski definition) is 1. The van der Waals surface area contributed by atoms with Crippen LogP contribution in [0.5, 0.6) is 0 Å². The summed E-state index contributed by atoms with van der Waals surface area (Å²) in [6.07, 6.45) is 9.98. The Labute approximate surface area is 130 Å². The molecule has 1 amide bonds. The fourth-order valence-corrected chi connectivity index (χ4v) is 5.87. The summed E-state index contributed by atoms with van der Waals surface area (Å²) in [6.45, 7) is 8.91. The normalized spacial score (nSPS) is 40.1. The lowest BCUT2D eigenvalue weighted by atomic mass is 9.49. The Balaban J connectivity index is 1.85. The van der Waals surface area contributed by atoms with Gasteiger partial charge in [0, 0.05) is 12.1 Å². The van der Waals surface area contributed by atoms with Crippen LogP contribution in [-0.4, -0.2) is 22.9 Å². The van der Waals surface area contributed by atoms with E-state index in [-0.39, 0.29) is 5.41 Å². The molecule has 0 aromatic heterocycles. The predicted molar refractivity (Wildman–Crippen MR) is 87.0 cm³/mol. The zero-order valence-corrected chi connectivity index (χ0v) is 14.4. The van der Waals surface area contributed by atoms with Crippen molar-refractivity contribution in [3.63, 3.8) is 0 Å². The quantitative estimate of drug-likeness (QED) is 0.723. The van der Waals surface area contributed by atoms with Gasteiger partial charge < -0.3 is 4.90 Å². The van der Waals surface area contributed by atoms with E-state index < -0.39 is 0 Å². The summed E-state index contributed by atoms with van der Waals surface area (Å²) in [7, 11) is 0. The van der Waals surface area contributed by atoms with Gasteiger partial charge in [-0.05, 0) is 83.0 Å². The van der Waals surface area contributed by atoms with Crippen LogP contribution in [0.2, 0.25) is 0 Å². The van der Waals surface area contributed by atoms with E-state index in [1.54, 1.807) is 0 Å². The Morgan fingerprint density at radius 3 is 1.67 bits per heavy atom. The van der Waals surface area contributed by atoms with E-state index in [9.17, 15) is 4.79 Å². The number of amides is 1. The maximum absolute atomic E-state index is 13.5. The van der Waals surface area contributed by atoms with Gasteiger partial charge in [-0.1, -0.05) is 13.8 Å². The molecule has 4 aliphatic carbocycles. The molecule has 4 rings (SSSR count). The molecule has 0 radical (unpaired) electrons. The van der Waals surface area contributed by atoms with Gasteiger partial charge in [0.1, 0.15) is 0 Å². The van der Waals surface area contributed by atoms with Gasteiger partial charge in [0.05, 0.1) is 5.41 Å². The second kappa shape index (κ2) is 5.59. The van der Waals surface area contributed by atoms with Gasteiger partial charge >= 0.3 is 0 Å². The first-order valence-electron chi connectivity index (χ1n) is 9.31. The first-order chi connectivity index (χ1) is 9.99. The Hall–Kier alpha value is -0.530. The van der Waals surface area contributed by atoms with Crippen LogP contribution in [0.25, 0.3) is 0 Å². The number of hydrogen-bond donors (Lipinski definition) is 0. The van der Waals surface area contributed by atoms with E-state index in [0.29, 0.717) is 18.0 Å². The highest BCUT2D eigenvalue weighted by molar-refractivity contribution is 5.84. The van der Waals surface area contributed by atoms with Crippen molar-refractivity contribution in [3.05, 3.63) is 0 Å². The highest BCUT2D eigenvalue weighted by Crippen LogP contribution is 2.60. The second-order valence-electron chi connectivity index (χ2n) is 8.42. The molecule has 4 saturated carbocycles. The molecule has 0 aromatic carbocycles. The molecule has 4 fully saturated rings.